The third-order valence-corrected chi connectivity index (χ3v) is 6.76. The van der Waals surface area contributed by atoms with Crippen molar-refractivity contribution in [2.75, 3.05) is 33.4 Å². The third kappa shape index (κ3) is 4.52. The first-order valence-electron chi connectivity index (χ1n) is 7.89. The van der Waals surface area contributed by atoms with Gasteiger partial charge in [0.1, 0.15) is 10.6 Å². The molecule has 1 aromatic heterocycles. The van der Waals surface area contributed by atoms with Gasteiger partial charge in [-0.2, -0.15) is 4.31 Å². The number of hydrogen-bond acceptors (Lipinski definition) is 6. The molecule has 8 heteroatoms. The first-order chi connectivity index (χ1) is 12.1. The van der Waals surface area contributed by atoms with Crippen LogP contribution in [0.4, 0.5) is 0 Å². The number of methoxy groups -OCH3 is 1. The van der Waals surface area contributed by atoms with Gasteiger partial charge in [-0.25, -0.2) is 13.4 Å². The summed E-state index contributed by atoms with van der Waals surface area (Å²) in [6.45, 7) is 1.64. The lowest BCUT2D eigenvalue weighted by Gasteiger charge is -2.25. The Bertz CT molecular complexity index is 786. The number of rotatable bonds is 6. The Morgan fingerprint density at radius 1 is 1.16 bits per heavy atom. The average Bonchev–Trinajstić information content (AvgIpc) is 2.68. The smallest absolute Gasteiger partial charge is 0.244 e. The van der Waals surface area contributed by atoms with Crippen LogP contribution in [0.1, 0.15) is 5.56 Å². The minimum absolute atomic E-state index is 0.225. The summed E-state index contributed by atoms with van der Waals surface area (Å²) < 4.78 is 36.9. The molecule has 1 aromatic carbocycles. The van der Waals surface area contributed by atoms with Crippen molar-refractivity contribution < 1.29 is 17.9 Å². The molecule has 0 amide bonds. The van der Waals surface area contributed by atoms with Gasteiger partial charge >= 0.3 is 0 Å². The van der Waals surface area contributed by atoms with Gasteiger partial charge in [0.2, 0.25) is 10.0 Å². The normalized spacial score (nSPS) is 15.9. The summed E-state index contributed by atoms with van der Waals surface area (Å²) in [7, 11) is -1.85. The largest absolute Gasteiger partial charge is 0.497 e. The van der Waals surface area contributed by atoms with E-state index in [4.69, 9.17) is 9.47 Å². The predicted molar refractivity (Wildman–Crippen MR) is 96.4 cm³/mol. The minimum Gasteiger partial charge on any atom is -0.497 e. The fourth-order valence-electron chi connectivity index (χ4n) is 2.42. The quantitative estimate of drug-likeness (QED) is 0.717. The van der Waals surface area contributed by atoms with Crippen LogP contribution in [0.3, 0.4) is 0 Å². The van der Waals surface area contributed by atoms with Crippen molar-refractivity contribution in [2.45, 2.75) is 15.7 Å². The summed E-state index contributed by atoms with van der Waals surface area (Å²) in [5, 5.41) is 0.789. The number of ether oxygens (including phenoxy) is 2. The molecule has 2 heterocycles. The van der Waals surface area contributed by atoms with E-state index in [0.717, 1.165) is 22.1 Å². The van der Waals surface area contributed by atoms with Gasteiger partial charge in [-0.3, -0.25) is 0 Å². The third-order valence-electron chi connectivity index (χ3n) is 3.86. The van der Waals surface area contributed by atoms with Gasteiger partial charge in [0, 0.05) is 25.0 Å². The van der Waals surface area contributed by atoms with E-state index in [2.05, 4.69) is 4.98 Å². The zero-order chi connectivity index (χ0) is 17.7. The number of aromatic nitrogens is 1. The lowest BCUT2D eigenvalue weighted by molar-refractivity contribution is 0.0730. The molecule has 3 rings (SSSR count). The summed E-state index contributed by atoms with van der Waals surface area (Å²) >= 11 is 1.56. The van der Waals surface area contributed by atoms with Crippen molar-refractivity contribution in [3.8, 4) is 5.75 Å². The number of thioether (sulfide) groups is 1. The number of sulfonamides is 1. The van der Waals surface area contributed by atoms with Crippen LogP contribution in [0.5, 0.6) is 5.75 Å². The molecule has 6 nitrogen and oxygen atoms in total. The molecule has 134 valence electrons. The van der Waals surface area contributed by atoms with Crippen LogP contribution in [0.15, 0.2) is 52.5 Å². The van der Waals surface area contributed by atoms with Crippen molar-refractivity contribution in [3.05, 3.63) is 48.2 Å². The summed E-state index contributed by atoms with van der Waals surface area (Å²) in [6.07, 6.45) is 1.43. The maximum Gasteiger partial charge on any atom is 0.244 e. The highest BCUT2D eigenvalue weighted by atomic mass is 32.2. The Kier molecular flexibility index (Phi) is 5.95. The van der Waals surface area contributed by atoms with E-state index in [-0.39, 0.29) is 4.90 Å². The summed E-state index contributed by atoms with van der Waals surface area (Å²) in [5.74, 6) is 1.58. The molecule has 2 aromatic rings. The predicted octanol–water partition coefficient (Wildman–Crippen LogP) is 2.40. The van der Waals surface area contributed by atoms with Gasteiger partial charge in [-0.15, -0.1) is 11.8 Å². The topological polar surface area (TPSA) is 68.7 Å². The first-order valence-corrected chi connectivity index (χ1v) is 10.3. The molecule has 1 fully saturated rings. The Morgan fingerprint density at radius 3 is 2.48 bits per heavy atom. The molecule has 0 unspecified atom stereocenters. The zero-order valence-corrected chi connectivity index (χ0v) is 15.6. The number of hydrogen-bond donors (Lipinski definition) is 0. The van der Waals surface area contributed by atoms with E-state index in [1.807, 2.05) is 24.3 Å². The Hall–Kier alpha value is -1.61. The van der Waals surface area contributed by atoms with Crippen molar-refractivity contribution in [2.24, 2.45) is 0 Å². The fraction of sp³-hybridized carbons (Fsp3) is 0.353. The molecular weight excluding hydrogens is 360 g/mol. The van der Waals surface area contributed by atoms with Gasteiger partial charge in [-0.05, 0) is 29.8 Å². The molecule has 1 aliphatic heterocycles. The summed E-state index contributed by atoms with van der Waals surface area (Å²) in [4.78, 5) is 4.51. The van der Waals surface area contributed by atoms with Crippen LogP contribution < -0.4 is 4.74 Å². The minimum atomic E-state index is -3.49. The zero-order valence-electron chi connectivity index (χ0n) is 13.9. The number of benzene rings is 1. The summed E-state index contributed by atoms with van der Waals surface area (Å²) in [5.41, 5.74) is 1.15. The van der Waals surface area contributed by atoms with E-state index in [1.54, 1.807) is 31.0 Å². The van der Waals surface area contributed by atoms with Crippen molar-refractivity contribution >= 4 is 21.8 Å². The molecule has 1 aliphatic rings. The Morgan fingerprint density at radius 2 is 1.88 bits per heavy atom. The highest BCUT2D eigenvalue weighted by Crippen LogP contribution is 2.24. The molecule has 0 N–H and O–H groups in total. The number of nitrogens with zero attached hydrogens (tertiary/aromatic N) is 2. The molecule has 0 radical (unpaired) electrons. The second-order valence-corrected chi connectivity index (χ2v) is 8.42. The second kappa shape index (κ2) is 8.18. The molecular formula is C17H20N2O4S2. The maximum absolute atomic E-state index is 12.5. The van der Waals surface area contributed by atoms with E-state index >= 15 is 0 Å². The van der Waals surface area contributed by atoms with Crippen LogP contribution in [-0.4, -0.2) is 51.1 Å². The molecule has 0 atom stereocenters. The molecule has 0 saturated carbocycles. The van der Waals surface area contributed by atoms with E-state index in [0.29, 0.717) is 26.3 Å². The average molecular weight is 380 g/mol. The van der Waals surface area contributed by atoms with E-state index in [1.165, 1.54) is 10.5 Å². The maximum atomic E-state index is 12.5. The van der Waals surface area contributed by atoms with Gasteiger partial charge < -0.3 is 9.47 Å². The molecule has 1 saturated heterocycles. The SMILES string of the molecule is COc1ccc(CSc2ccc(S(=O)(=O)N3CCOCC3)cn2)cc1. The van der Waals surface area contributed by atoms with Gasteiger partial charge in [0.05, 0.1) is 25.3 Å². The van der Waals surface area contributed by atoms with Gasteiger partial charge in [0.15, 0.2) is 0 Å². The van der Waals surface area contributed by atoms with Crippen molar-refractivity contribution in [1.82, 2.24) is 9.29 Å². The fourth-order valence-corrected chi connectivity index (χ4v) is 4.57. The molecule has 25 heavy (non-hydrogen) atoms. The Balaban J connectivity index is 1.63. The monoisotopic (exact) mass is 380 g/mol. The van der Waals surface area contributed by atoms with Crippen LogP contribution in [0, 0.1) is 0 Å². The second-order valence-electron chi connectivity index (χ2n) is 5.49. The van der Waals surface area contributed by atoms with Crippen molar-refractivity contribution in [1.29, 1.82) is 0 Å². The number of pyridine rings is 1. The van der Waals surface area contributed by atoms with E-state index in [9.17, 15) is 8.42 Å². The highest BCUT2D eigenvalue weighted by molar-refractivity contribution is 7.98. The Labute approximate surface area is 152 Å². The van der Waals surface area contributed by atoms with Crippen LogP contribution in [-0.2, 0) is 20.5 Å². The highest BCUT2D eigenvalue weighted by Gasteiger charge is 2.26. The number of morpholine rings is 1. The first kappa shape index (κ1) is 18.2. The molecule has 0 aliphatic carbocycles. The van der Waals surface area contributed by atoms with Crippen LogP contribution in [0.2, 0.25) is 0 Å². The van der Waals surface area contributed by atoms with Gasteiger partial charge in [-0.1, -0.05) is 12.1 Å². The molecule has 0 spiro atoms. The van der Waals surface area contributed by atoms with E-state index < -0.39 is 10.0 Å². The van der Waals surface area contributed by atoms with Crippen molar-refractivity contribution in [3.63, 3.8) is 0 Å². The van der Waals surface area contributed by atoms with Crippen LogP contribution >= 0.6 is 11.8 Å². The lowest BCUT2D eigenvalue weighted by Crippen LogP contribution is -2.40. The van der Waals surface area contributed by atoms with Gasteiger partial charge in [0.25, 0.3) is 0 Å². The summed E-state index contributed by atoms with van der Waals surface area (Å²) in [6, 6.07) is 11.2. The van der Waals surface area contributed by atoms with Crippen LogP contribution in [0.25, 0.3) is 0 Å². The molecule has 0 bridgehead atoms. The standard InChI is InChI=1S/C17H20N2O4S2/c1-22-15-4-2-14(3-5-15)13-24-17-7-6-16(12-18-17)25(20,21)19-8-10-23-11-9-19/h2-7,12H,8-11,13H2,1H3. The lowest BCUT2D eigenvalue weighted by atomic mass is 10.2.